The van der Waals surface area contributed by atoms with Gasteiger partial charge in [0.05, 0.1) is 3.79 Å². The molecule has 5 nitrogen and oxygen atoms in total. The summed E-state index contributed by atoms with van der Waals surface area (Å²) >= 11 is 3.76. The molecule has 2 N–H and O–H groups in total. The summed E-state index contributed by atoms with van der Waals surface area (Å²) < 4.78 is 44.2. The van der Waals surface area contributed by atoms with Crippen LogP contribution in [0.15, 0.2) is 19.0 Å². The highest BCUT2D eigenvalue weighted by molar-refractivity contribution is 9.11. The Balaban J connectivity index is 3.49. The van der Waals surface area contributed by atoms with E-state index in [2.05, 4.69) is 15.9 Å². The van der Waals surface area contributed by atoms with Gasteiger partial charge in [0.1, 0.15) is 9.10 Å². The number of hydrogen-bond donors (Lipinski definition) is 1. The Bertz CT molecular complexity index is 556. The van der Waals surface area contributed by atoms with Crippen molar-refractivity contribution in [3.63, 3.8) is 0 Å². The number of rotatable bonds is 2. The first-order valence-corrected chi connectivity index (χ1v) is 8.19. The van der Waals surface area contributed by atoms with Crippen LogP contribution in [-0.2, 0) is 19.9 Å². The fourth-order valence-corrected chi connectivity index (χ4v) is 5.17. The van der Waals surface area contributed by atoms with Gasteiger partial charge in [-0.3, -0.25) is 0 Å². The summed E-state index contributed by atoms with van der Waals surface area (Å²) in [5.74, 6) is 0. The molecule has 1 rings (SSSR count). The van der Waals surface area contributed by atoms with Gasteiger partial charge in [0, 0.05) is 6.26 Å². The van der Waals surface area contributed by atoms with E-state index in [-0.39, 0.29) is 12.9 Å². The van der Waals surface area contributed by atoms with E-state index in [1.54, 1.807) is 0 Å². The van der Waals surface area contributed by atoms with Crippen LogP contribution in [-0.4, -0.2) is 23.1 Å². The summed E-state index contributed by atoms with van der Waals surface area (Å²) in [6.07, 6.45) is 0.998. The molecule has 0 aliphatic carbocycles. The van der Waals surface area contributed by atoms with Crippen molar-refractivity contribution in [3.05, 3.63) is 9.85 Å². The average molecular weight is 320 g/mol. The third-order valence-electron chi connectivity index (χ3n) is 1.30. The molecule has 0 aromatic carbocycles. The highest BCUT2D eigenvalue weighted by Crippen LogP contribution is 2.33. The Kier molecular flexibility index (Phi) is 3.08. The predicted octanol–water partition coefficient (Wildman–Crippen LogP) is 0.562. The number of hydrogen-bond acceptors (Lipinski definition) is 5. The van der Waals surface area contributed by atoms with Crippen LogP contribution in [0.1, 0.15) is 0 Å². The van der Waals surface area contributed by atoms with Crippen LogP contribution < -0.4 is 5.14 Å². The third kappa shape index (κ3) is 2.54. The van der Waals surface area contributed by atoms with Crippen LogP contribution >= 0.6 is 27.3 Å². The lowest BCUT2D eigenvalue weighted by molar-refractivity contribution is 0.597. The Hall–Kier alpha value is 0.0400. The SMILES string of the molecule is CS(=O)(=O)c1cc(S(N)(=O)=O)c(Br)s1. The van der Waals surface area contributed by atoms with E-state index in [4.69, 9.17) is 5.14 Å². The van der Waals surface area contributed by atoms with Gasteiger partial charge >= 0.3 is 0 Å². The maximum Gasteiger partial charge on any atom is 0.240 e. The van der Waals surface area contributed by atoms with E-state index in [1.165, 1.54) is 0 Å². The van der Waals surface area contributed by atoms with Crippen LogP contribution in [0.4, 0.5) is 0 Å². The molecular formula is C5H6BrNO4S3. The first-order valence-electron chi connectivity index (χ1n) is 3.14. The average Bonchev–Trinajstić information content (AvgIpc) is 2.27. The number of nitrogens with two attached hydrogens (primary N) is 1. The van der Waals surface area contributed by atoms with Gasteiger partial charge in [-0.25, -0.2) is 22.0 Å². The second kappa shape index (κ2) is 3.56. The predicted molar refractivity (Wildman–Crippen MR) is 56.5 cm³/mol. The summed E-state index contributed by atoms with van der Waals surface area (Å²) in [6, 6.07) is 1.04. The summed E-state index contributed by atoms with van der Waals surface area (Å²) in [4.78, 5) is -0.206. The number of sulfone groups is 1. The summed E-state index contributed by atoms with van der Waals surface area (Å²) in [5.41, 5.74) is 0. The van der Waals surface area contributed by atoms with Crippen molar-refractivity contribution in [2.75, 3.05) is 6.26 Å². The van der Waals surface area contributed by atoms with Gasteiger partial charge in [-0.1, -0.05) is 0 Å². The van der Waals surface area contributed by atoms with Crippen LogP contribution in [0.25, 0.3) is 0 Å². The monoisotopic (exact) mass is 319 g/mol. The molecule has 0 bridgehead atoms. The first-order chi connectivity index (χ1) is 6.12. The number of primary sulfonamides is 1. The molecule has 9 heteroatoms. The molecule has 1 heterocycles. The maximum atomic E-state index is 11.1. The zero-order chi connectivity index (χ0) is 11.1. The lowest BCUT2D eigenvalue weighted by atomic mass is 10.7. The van der Waals surface area contributed by atoms with E-state index in [9.17, 15) is 16.8 Å². The first kappa shape index (κ1) is 12.1. The quantitative estimate of drug-likeness (QED) is 0.861. The standard InChI is InChI=1S/C5H6BrNO4S3/c1-13(8,9)4-2-3(5(6)12-4)14(7,10)11/h2H,1H3,(H2,7,10,11). The molecule has 80 valence electrons. The highest BCUT2D eigenvalue weighted by Gasteiger charge is 2.20. The fourth-order valence-electron chi connectivity index (χ4n) is 0.709. The summed E-state index contributed by atoms with van der Waals surface area (Å²) in [7, 11) is -7.27. The van der Waals surface area contributed by atoms with Crippen LogP contribution in [0.5, 0.6) is 0 Å². The Morgan fingerprint density at radius 3 is 2.07 bits per heavy atom. The van der Waals surface area contributed by atoms with Gasteiger partial charge < -0.3 is 0 Å². The van der Waals surface area contributed by atoms with Gasteiger partial charge in [0.15, 0.2) is 9.84 Å². The van der Waals surface area contributed by atoms with Crippen molar-refractivity contribution in [1.29, 1.82) is 0 Å². The van der Waals surface area contributed by atoms with Gasteiger partial charge in [0.25, 0.3) is 0 Å². The van der Waals surface area contributed by atoms with Gasteiger partial charge in [0.2, 0.25) is 10.0 Å². The molecule has 0 unspecified atom stereocenters. The van der Waals surface area contributed by atoms with E-state index in [1.807, 2.05) is 0 Å². The molecule has 0 fully saturated rings. The molecule has 0 saturated carbocycles. The van der Waals surface area contributed by atoms with Crippen molar-refractivity contribution >= 4 is 47.1 Å². The van der Waals surface area contributed by atoms with Crippen LogP contribution in [0.3, 0.4) is 0 Å². The molecule has 14 heavy (non-hydrogen) atoms. The summed E-state index contributed by atoms with van der Waals surface area (Å²) in [5, 5.41) is 4.87. The topological polar surface area (TPSA) is 94.3 Å². The zero-order valence-corrected chi connectivity index (χ0v) is 10.9. The maximum absolute atomic E-state index is 11.1. The van der Waals surface area contributed by atoms with Gasteiger partial charge in [-0.2, -0.15) is 0 Å². The van der Waals surface area contributed by atoms with Gasteiger partial charge in [-0.15, -0.1) is 11.3 Å². The molecule has 1 aromatic heterocycles. The van der Waals surface area contributed by atoms with Gasteiger partial charge in [-0.05, 0) is 22.0 Å². The van der Waals surface area contributed by atoms with E-state index in [0.717, 1.165) is 23.7 Å². The van der Waals surface area contributed by atoms with E-state index >= 15 is 0 Å². The molecule has 0 atom stereocenters. The zero-order valence-electron chi connectivity index (χ0n) is 6.89. The smallest absolute Gasteiger partial charge is 0.225 e. The minimum atomic E-state index is -3.87. The fraction of sp³-hybridized carbons (Fsp3) is 0.200. The molecule has 0 aliphatic rings. The Morgan fingerprint density at radius 1 is 1.36 bits per heavy atom. The van der Waals surface area contributed by atoms with Crippen molar-refractivity contribution in [1.82, 2.24) is 0 Å². The molecule has 0 saturated heterocycles. The van der Waals surface area contributed by atoms with Crippen LogP contribution in [0, 0.1) is 0 Å². The molecule has 1 aromatic rings. The van der Waals surface area contributed by atoms with Crippen LogP contribution in [0.2, 0.25) is 0 Å². The lowest BCUT2D eigenvalue weighted by Gasteiger charge is -1.91. The van der Waals surface area contributed by atoms with E-state index < -0.39 is 19.9 Å². The van der Waals surface area contributed by atoms with Crippen molar-refractivity contribution < 1.29 is 16.8 Å². The van der Waals surface area contributed by atoms with Crippen molar-refractivity contribution in [2.24, 2.45) is 5.14 Å². The molecular weight excluding hydrogens is 314 g/mol. The largest absolute Gasteiger partial charge is 0.240 e. The molecule has 0 aliphatic heterocycles. The second-order valence-electron chi connectivity index (χ2n) is 2.52. The van der Waals surface area contributed by atoms with Crippen molar-refractivity contribution in [2.45, 2.75) is 9.10 Å². The number of thiophene rings is 1. The minimum Gasteiger partial charge on any atom is -0.225 e. The lowest BCUT2D eigenvalue weighted by Crippen LogP contribution is -2.11. The molecule has 0 radical (unpaired) electrons. The summed E-state index contributed by atoms with van der Waals surface area (Å²) in [6.45, 7) is 0. The van der Waals surface area contributed by atoms with E-state index in [0.29, 0.717) is 0 Å². The highest BCUT2D eigenvalue weighted by atomic mass is 79.9. The molecule has 0 spiro atoms. The minimum absolute atomic E-state index is 0.0339. The normalized spacial score (nSPS) is 13.1. The number of halogens is 1. The second-order valence-corrected chi connectivity index (χ2v) is 8.66. The number of sulfonamides is 1. The Morgan fingerprint density at radius 2 is 1.86 bits per heavy atom. The molecule has 0 amide bonds. The Labute approximate surface area is 94.0 Å². The third-order valence-corrected chi connectivity index (χ3v) is 6.27. The van der Waals surface area contributed by atoms with Crippen molar-refractivity contribution in [3.8, 4) is 0 Å².